The van der Waals surface area contributed by atoms with Crippen LogP contribution in [-0.4, -0.2) is 20.9 Å². The Morgan fingerprint density at radius 1 is 1.35 bits per heavy atom. The second-order valence-electron chi connectivity index (χ2n) is 3.54. The number of rotatable bonds is 4. The highest BCUT2D eigenvalue weighted by Crippen LogP contribution is 2.10. The van der Waals surface area contributed by atoms with E-state index in [2.05, 4.69) is 5.10 Å². The molecule has 0 saturated carbocycles. The van der Waals surface area contributed by atoms with Gasteiger partial charge in [0.15, 0.2) is 0 Å². The summed E-state index contributed by atoms with van der Waals surface area (Å²) in [7, 11) is 0. The first-order valence-electron chi connectivity index (χ1n) is 5.24. The predicted octanol–water partition coefficient (Wildman–Crippen LogP) is 2.36. The van der Waals surface area contributed by atoms with E-state index in [9.17, 15) is 4.79 Å². The van der Waals surface area contributed by atoms with Gasteiger partial charge in [0, 0.05) is 12.4 Å². The standard InChI is InChI=1S/C13H12N2O2/c16-13(17)4-1-3-11-5-7-12(8-6-11)15-10-2-9-14-15/h1-3,5-10H,4H2,(H,16,17). The third kappa shape index (κ3) is 3.04. The summed E-state index contributed by atoms with van der Waals surface area (Å²) in [6, 6.07) is 9.59. The van der Waals surface area contributed by atoms with Gasteiger partial charge < -0.3 is 5.11 Å². The molecule has 1 N–H and O–H groups in total. The summed E-state index contributed by atoms with van der Waals surface area (Å²) in [4.78, 5) is 10.3. The van der Waals surface area contributed by atoms with Gasteiger partial charge in [-0.3, -0.25) is 4.79 Å². The van der Waals surface area contributed by atoms with Crippen LogP contribution in [0.25, 0.3) is 11.8 Å². The molecule has 0 unspecified atom stereocenters. The van der Waals surface area contributed by atoms with Crippen molar-refractivity contribution in [3.63, 3.8) is 0 Å². The Morgan fingerprint density at radius 3 is 2.71 bits per heavy atom. The molecule has 0 fully saturated rings. The van der Waals surface area contributed by atoms with E-state index in [-0.39, 0.29) is 6.42 Å². The lowest BCUT2D eigenvalue weighted by atomic mass is 10.2. The van der Waals surface area contributed by atoms with Gasteiger partial charge in [-0.15, -0.1) is 0 Å². The second-order valence-corrected chi connectivity index (χ2v) is 3.54. The van der Waals surface area contributed by atoms with Crippen LogP contribution in [0.5, 0.6) is 0 Å². The predicted molar refractivity (Wildman–Crippen MR) is 64.9 cm³/mol. The number of carbonyl (C=O) groups is 1. The second kappa shape index (κ2) is 5.12. The Hall–Kier alpha value is -2.36. The number of carboxylic acid groups (broad SMARTS) is 1. The summed E-state index contributed by atoms with van der Waals surface area (Å²) >= 11 is 0. The van der Waals surface area contributed by atoms with Crippen molar-refractivity contribution in [1.29, 1.82) is 0 Å². The molecule has 0 aliphatic carbocycles. The average Bonchev–Trinajstić information content (AvgIpc) is 2.83. The van der Waals surface area contributed by atoms with Crippen LogP contribution in [0.1, 0.15) is 12.0 Å². The van der Waals surface area contributed by atoms with Crippen molar-refractivity contribution in [2.75, 3.05) is 0 Å². The van der Waals surface area contributed by atoms with Crippen LogP contribution in [0.2, 0.25) is 0 Å². The lowest BCUT2D eigenvalue weighted by Gasteiger charge is -2.01. The van der Waals surface area contributed by atoms with Crippen LogP contribution in [0.15, 0.2) is 48.8 Å². The van der Waals surface area contributed by atoms with Crippen LogP contribution < -0.4 is 0 Å². The van der Waals surface area contributed by atoms with Crippen molar-refractivity contribution in [2.45, 2.75) is 6.42 Å². The smallest absolute Gasteiger partial charge is 0.307 e. The molecule has 0 spiro atoms. The van der Waals surface area contributed by atoms with Crippen molar-refractivity contribution < 1.29 is 9.90 Å². The first kappa shape index (κ1) is 11.1. The number of carboxylic acids is 1. The monoisotopic (exact) mass is 228 g/mol. The van der Waals surface area contributed by atoms with Gasteiger partial charge in [0.1, 0.15) is 0 Å². The molecule has 0 saturated heterocycles. The fourth-order valence-corrected chi connectivity index (χ4v) is 1.46. The first-order valence-corrected chi connectivity index (χ1v) is 5.24. The number of hydrogen-bond acceptors (Lipinski definition) is 2. The summed E-state index contributed by atoms with van der Waals surface area (Å²) in [5, 5.41) is 12.6. The van der Waals surface area contributed by atoms with Gasteiger partial charge >= 0.3 is 5.97 Å². The van der Waals surface area contributed by atoms with Crippen LogP contribution in [0.4, 0.5) is 0 Å². The summed E-state index contributed by atoms with van der Waals surface area (Å²) in [6.45, 7) is 0. The number of nitrogens with zero attached hydrogens (tertiary/aromatic N) is 2. The van der Waals surface area contributed by atoms with E-state index >= 15 is 0 Å². The number of hydrogen-bond donors (Lipinski definition) is 1. The highest BCUT2D eigenvalue weighted by Gasteiger charge is 1.95. The molecule has 0 aliphatic heterocycles. The summed E-state index contributed by atoms with van der Waals surface area (Å²) in [5.74, 6) is -0.825. The van der Waals surface area contributed by atoms with E-state index in [1.165, 1.54) is 0 Å². The Bertz CT molecular complexity index is 513. The molecule has 4 heteroatoms. The van der Waals surface area contributed by atoms with Crippen molar-refractivity contribution in [3.05, 3.63) is 54.4 Å². The maximum Gasteiger partial charge on any atom is 0.307 e. The number of benzene rings is 1. The van der Waals surface area contributed by atoms with Crippen molar-refractivity contribution in [1.82, 2.24) is 9.78 Å². The normalized spacial score (nSPS) is 10.8. The zero-order valence-electron chi connectivity index (χ0n) is 9.15. The van der Waals surface area contributed by atoms with Crippen molar-refractivity contribution in [2.24, 2.45) is 0 Å². The Kier molecular flexibility index (Phi) is 3.35. The minimum absolute atomic E-state index is 0.0426. The third-order valence-electron chi connectivity index (χ3n) is 2.26. The fourth-order valence-electron chi connectivity index (χ4n) is 1.46. The summed E-state index contributed by atoms with van der Waals surface area (Å²) in [5.41, 5.74) is 1.95. The summed E-state index contributed by atoms with van der Waals surface area (Å²) in [6.07, 6.45) is 7.06. The van der Waals surface area contributed by atoms with Gasteiger partial charge in [0.25, 0.3) is 0 Å². The topological polar surface area (TPSA) is 55.1 Å². The molecular weight excluding hydrogens is 216 g/mol. The maximum absolute atomic E-state index is 10.3. The summed E-state index contributed by atoms with van der Waals surface area (Å²) < 4.78 is 1.77. The molecule has 2 aromatic rings. The highest BCUT2D eigenvalue weighted by atomic mass is 16.4. The van der Waals surface area contributed by atoms with Crippen LogP contribution >= 0.6 is 0 Å². The molecule has 0 radical (unpaired) electrons. The van der Waals surface area contributed by atoms with Crippen molar-refractivity contribution in [3.8, 4) is 5.69 Å². The molecular formula is C13H12N2O2. The average molecular weight is 228 g/mol. The molecule has 2 rings (SSSR count). The van der Waals surface area contributed by atoms with Gasteiger partial charge in [-0.2, -0.15) is 5.10 Å². The lowest BCUT2D eigenvalue weighted by molar-refractivity contribution is -0.135. The van der Waals surface area contributed by atoms with Crippen LogP contribution in [0, 0.1) is 0 Å². The lowest BCUT2D eigenvalue weighted by Crippen LogP contribution is -1.93. The highest BCUT2D eigenvalue weighted by molar-refractivity contribution is 5.70. The molecule has 0 atom stereocenters. The fraction of sp³-hybridized carbons (Fsp3) is 0.0769. The molecule has 4 nitrogen and oxygen atoms in total. The molecule has 1 heterocycles. The SMILES string of the molecule is O=C(O)CC=Cc1ccc(-n2cccn2)cc1. The maximum atomic E-state index is 10.3. The molecule has 86 valence electrons. The quantitative estimate of drug-likeness (QED) is 0.873. The van der Waals surface area contributed by atoms with E-state index in [4.69, 9.17) is 5.11 Å². The van der Waals surface area contributed by atoms with Gasteiger partial charge in [-0.25, -0.2) is 4.68 Å². The van der Waals surface area contributed by atoms with E-state index in [0.29, 0.717) is 0 Å². The van der Waals surface area contributed by atoms with Gasteiger partial charge in [0.2, 0.25) is 0 Å². The molecule has 0 aliphatic rings. The number of aromatic nitrogens is 2. The van der Waals surface area contributed by atoms with Gasteiger partial charge in [-0.1, -0.05) is 24.3 Å². The van der Waals surface area contributed by atoms with Gasteiger partial charge in [0.05, 0.1) is 12.1 Å². The van der Waals surface area contributed by atoms with Crippen LogP contribution in [0.3, 0.4) is 0 Å². The van der Waals surface area contributed by atoms with E-state index < -0.39 is 5.97 Å². The van der Waals surface area contributed by atoms with Gasteiger partial charge in [-0.05, 0) is 23.8 Å². The third-order valence-corrected chi connectivity index (χ3v) is 2.26. The van der Waals surface area contributed by atoms with Crippen LogP contribution in [-0.2, 0) is 4.79 Å². The molecule has 0 amide bonds. The minimum Gasteiger partial charge on any atom is -0.481 e. The molecule has 1 aromatic heterocycles. The molecule has 0 bridgehead atoms. The minimum atomic E-state index is -0.825. The molecule has 1 aromatic carbocycles. The van der Waals surface area contributed by atoms with E-state index in [1.54, 1.807) is 23.0 Å². The zero-order valence-corrected chi connectivity index (χ0v) is 9.15. The van der Waals surface area contributed by atoms with E-state index in [1.807, 2.05) is 36.5 Å². The Morgan fingerprint density at radius 2 is 2.12 bits per heavy atom. The first-order chi connectivity index (χ1) is 8.25. The molecule has 17 heavy (non-hydrogen) atoms. The Labute approximate surface area is 98.8 Å². The Balaban J connectivity index is 2.08. The largest absolute Gasteiger partial charge is 0.481 e. The zero-order chi connectivity index (χ0) is 12.1. The van der Waals surface area contributed by atoms with Crippen molar-refractivity contribution >= 4 is 12.0 Å². The van der Waals surface area contributed by atoms with E-state index in [0.717, 1.165) is 11.3 Å². The number of aliphatic carboxylic acids is 1.